The van der Waals surface area contributed by atoms with Crippen molar-refractivity contribution in [3.8, 4) is 0 Å². The summed E-state index contributed by atoms with van der Waals surface area (Å²) in [6.07, 6.45) is 0. The Morgan fingerprint density at radius 3 is 2.17 bits per heavy atom. The van der Waals surface area contributed by atoms with Gasteiger partial charge in [-0.1, -0.05) is 13.1 Å². The lowest BCUT2D eigenvalue weighted by Crippen LogP contribution is -2.12. The second kappa shape index (κ2) is 1.35. The molecular weight excluding hydrogens is 90.1 g/mol. The van der Waals surface area contributed by atoms with Crippen LogP contribution >= 0.6 is 0 Å². The second-order valence-electron chi connectivity index (χ2n) is 2.26. The van der Waals surface area contributed by atoms with E-state index in [-0.39, 0.29) is 8.80 Å². The summed E-state index contributed by atoms with van der Waals surface area (Å²) < 4.78 is 0. The van der Waals surface area contributed by atoms with Crippen molar-refractivity contribution in [2.24, 2.45) is 0 Å². The van der Waals surface area contributed by atoms with E-state index < -0.39 is 0 Å². The normalized spacial score (nSPS) is 31.5. The highest BCUT2D eigenvalue weighted by Gasteiger charge is 2.23. The topological polar surface area (TPSA) is 21.9 Å². The van der Waals surface area contributed by atoms with Gasteiger partial charge in [-0.15, -0.1) is 0 Å². The van der Waals surface area contributed by atoms with Crippen molar-refractivity contribution >= 4 is 8.80 Å². The molecule has 1 atom stereocenters. The molecule has 1 saturated heterocycles. The van der Waals surface area contributed by atoms with E-state index in [0.717, 1.165) is 5.67 Å². The van der Waals surface area contributed by atoms with Gasteiger partial charge in [0.15, 0.2) is 0 Å². The van der Waals surface area contributed by atoms with Crippen molar-refractivity contribution in [1.82, 2.24) is 5.32 Å². The molecule has 1 nitrogen and oxygen atoms in total. The predicted octanol–water partition coefficient (Wildman–Crippen LogP) is -0.0159. The van der Waals surface area contributed by atoms with Gasteiger partial charge in [-0.25, -0.2) is 0 Å². The minimum Gasteiger partial charge on any atom is -0.314 e. The first-order valence-corrected chi connectivity index (χ1v) is 5.51. The van der Waals surface area contributed by atoms with Gasteiger partial charge in [0.1, 0.15) is 0 Å². The van der Waals surface area contributed by atoms with Gasteiger partial charge in [-0.2, -0.15) is 0 Å². The molecule has 0 bridgehead atoms. The quantitative estimate of drug-likeness (QED) is 0.364. The summed E-state index contributed by atoms with van der Waals surface area (Å²) in [6.45, 7) is 6.07. The first-order chi connectivity index (χ1) is 2.80. The van der Waals surface area contributed by atoms with Gasteiger partial charge >= 0.3 is 0 Å². The number of hydrogen-bond acceptors (Lipinski definition) is 1. The summed E-state index contributed by atoms with van der Waals surface area (Å²) in [4.78, 5) is 0. The van der Waals surface area contributed by atoms with Crippen LogP contribution < -0.4 is 5.32 Å². The van der Waals surface area contributed by atoms with Crippen molar-refractivity contribution in [3.05, 3.63) is 0 Å². The van der Waals surface area contributed by atoms with Crippen LogP contribution in [0.4, 0.5) is 0 Å². The van der Waals surface area contributed by atoms with Crippen molar-refractivity contribution in [2.75, 3.05) is 6.54 Å². The fourth-order valence-corrected chi connectivity index (χ4v) is 1.62. The van der Waals surface area contributed by atoms with Gasteiger partial charge in [0, 0.05) is 12.2 Å². The Hall–Kier alpha value is 0.177. The maximum absolute atomic E-state index is 3.30. The molecule has 1 unspecified atom stereocenters. The van der Waals surface area contributed by atoms with Crippen molar-refractivity contribution in [2.45, 2.75) is 18.8 Å². The Kier molecular flexibility index (Phi) is 0.977. The molecule has 0 aromatic rings. The lowest BCUT2D eigenvalue weighted by Gasteiger charge is -1.90. The lowest BCUT2D eigenvalue weighted by molar-refractivity contribution is 1.27. The first kappa shape index (κ1) is 4.34. The van der Waals surface area contributed by atoms with Crippen molar-refractivity contribution < 1.29 is 0 Å². The zero-order valence-electron chi connectivity index (χ0n) is 4.36. The van der Waals surface area contributed by atoms with Crippen LogP contribution in [-0.2, 0) is 0 Å². The smallest absolute Gasteiger partial charge is 0.0521 e. The number of rotatable bonds is 1. The molecule has 0 aromatic heterocycles. The summed E-state index contributed by atoms with van der Waals surface area (Å²) in [5, 5.41) is 3.30. The van der Waals surface area contributed by atoms with E-state index >= 15 is 0 Å². The second-order valence-corrected chi connectivity index (χ2v) is 5.55. The number of hydrogen-bond donors (Lipinski definition) is 1. The van der Waals surface area contributed by atoms with E-state index in [2.05, 4.69) is 18.4 Å². The molecule has 0 amide bonds. The molecular formula is C4H11NSi. The maximum atomic E-state index is 3.30. The predicted molar refractivity (Wildman–Crippen MR) is 30.7 cm³/mol. The fraction of sp³-hybridized carbons (Fsp3) is 1.00. The highest BCUT2D eigenvalue weighted by molar-refractivity contribution is 6.58. The molecule has 1 aliphatic rings. The highest BCUT2D eigenvalue weighted by Crippen LogP contribution is 2.00. The minimum absolute atomic E-state index is 0.244. The number of nitrogens with one attached hydrogen (secondary N) is 1. The third-order valence-corrected chi connectivity index (χ3v) is 3.33. The van der Waals surface area contributed by atoms with Crippen LogP contribution in [0.2, 0.25) is 13.1 Å². The fourth-order valence-electron chi connectivity index (χ4n) is 0.539. The molecule has 36 valence electrons. The molecule has 2 heteroatoms. The molecule has 1 N–H and O–H groups in total. The van der Waals surface area contributed by atoms with Crippen LogP contribution in [0.15, 0.2) is 0 Å². The average Bonchev–Trinajstić information content (AvgIpc) is 2.06. The third-order valence-electron chi connectivity index (χ3n) is 1.24. The van der Waals surface area contributed by atoms with Gasteiger partial charge in [0.25, 0.3) is 0 Å². The van der Waals surface area contributed by atoms with Crippen LogP contribution in [0, 0.1) is 0 Å². The lowest BCUT2D eigenvalue weighted by atomic mass is 11.0. The van der Waals surface area contributed by atoms with E-state index in [1.54, 1.807) is 0 Å². The van der Waals surface area contributed by atoms with Gasteiger partial charge < -0.3 is 5.32 Å². The Morgan fingerprint density at radius 1 is 1.67 bits per heavy atom. The Morgan fingerprint density at radius 2 is 2.17 bits per heavy atom. The maximum Gasteiger partial charge on any atom is 0.0521 e. The molecule has 1 rings (SSSR count). The van der Waals surface area contributed by atoms with Gasteiger partial charge in [-0.3, -0.25) is 0 Å². The van der Waals surface area contributed by atoms with E-state index in [4.69, 9.17) is 0 Å². The van der Waals surface area contributed by atoms with Crippen LogP contribution in [0.3, 0.4) is 0 Å². The van der Waals surface area contributed by atoms with E-state index in [0.29, 0.717) is 0 Å². The van der Waals surface area contributed by atoms with Crippen LogP contribution in [0.25, 0.3) is 0 Å². The molecule has 0 aromatic carbocycles. The molecule has 0 saturated carbocycles. The summed E-state index contributed by atoms with van der Waals surface area (Å²) in [5.41, 5.74) is 0.991. The molecule has 1 fully saturated rings. The first-order valence-electron chi connectivity index (χ1n) is 2.54. The van der Waals surface area contributed by atoms with Gasteiger partial charge in [-0.05, 0) is 0 Å². The molecule has 1 heterocycles. The van der Waals surface area contributed by atoms with Crippen LogP contribution in [0.5, 0.6) is 0 Å². The standard InChI is InChI=1S/C4H11NSi/c1-6(2)4-3-5-4/h4-6H,3H2,1-2H3. The van der Waals surface area contributed by atoms with Crippen molar-refractivity contribution in [3.63, 3.8) is 0 Å². The summed E-state index contributed by atoms with van der Waals surface area (Å²) in [7, 11) is -0.244. The third kappa shape index (κ3) is 0.818. The van der Waals surface area contributed by atoms with E-state index in [1.807, 2.05) is 0 Å². The Balaban J connectivity index is 2.13. The summed E-state index contributed by atoms with van der Waals surface area (Å²) >= 11 is 0. The molecule has 1 aliphatic heterocycles. The van der Waals surface area contributed by atoms with E-state index in [1.165, 1.54) is 6.54 Å². The summed E-state index contributed by atoms with van der Waals surface area (Å²) in [5.74, 6) is 0. The largest absolute Gasteiger partial charge is 0.314 e. The molecule has 0 spiro atoms. The van der Waals surface area contributed by atoms with Crippen molar-refractivity contribution in [1.29, 1.82) is 0 Å². The minimum atomic E-state index is -0.244. The Bertz CT molecular complexity index is 49.5. The average molecular weight is 101 g/mol. The highest BCUT2D eigenvalue weighted by atomic mass is 28.3. The van der Waals surface area contributed by atoms with Gasteiger partial charge in [0.05, 0.1) is 8.80 Å². The van der Waals surface area contributed by atoms with Crippen LogP contribution in [0.1, 0.15) is 0 Å². The Labute approximate surface area is 40.4 Å². The molecule has 0 aliphatic carbocycles. The SMILES string of the molecule is C[SiH](C)C1CN1. The van der Waals surface area contributed by atoms with Crippen LogP contribution in [-0.4, -0.2) is 21.0 Å². The molecule has 6 heavy (non-hydrogen) atoms. The zero-order valence-corrected chi connectivity index (χ0v) is 5.52. The van der Waals surface area contributed by atoms with Gasteiger partial charge in [0.2, 0.25) is 0 Å². The monoisotopic (exact) mass is 101 g/mol. The zero-order chi connectivity index (χ0) is 4.57. The summed E-state index contributed by atoms with van der Waals surface area (Å²) in [6, 6.07) is 0. The van der Waals surface area contributed by atoms with E-state index in [9.17, 15) is 0 Å². The molecule has 0 radical (unpaired) electrons.